The normalized spacial score (nSPS) is 17.1. The molecule has 158 valence electrons. The number of para-hydroxylation sites is 1. The van der Waals surface area contributed by atoms with Crippen LogP contribution in [0.3, 0.4) is 0 Å². The number of hydrogen-bond donors (Lipinski definition) is 2. The van der Waals surface area contributed by atoms with Crippen LogP contribution in [-0.4, -0.2) is 43.0 Å². The number of nitrogens with zero attached hydrogens (tertiary/aromatic N) is 2. The van der Waals surface area contributed by atoms with Crippen LogP contribution in [0.15, 0.2) is 48.5 Å². The van der Waals surface area contributed by atoms with Gasteiger partial charge in [0.2, 0.25) is 5.91 Å². The van der Waals surface area contributed by atoms with Gasteiger partial charge >= 0.3 is 6.03 Å². The third-order valence-electron chi connectivity index (χ3n) is 6.12. The van der Waals surface area contributed by atoms with Gasteiger partial charge in [0.25, 0.3) is 0 Å². The minimum absolute atomic E-state index is 0.0511. The number of nitrogens with one attached hydrogen (secondary N) is 2. The molecule has 3 amide bonds. The zero-order valence-corrected chi connectivity index (χ0v) is 17.6. The summed E-state index contributed by atoms with van der Waals surface area (Å²) in [7, 11) is 0. The third kappa shape index (κ3) is 4.75. The summed E-state index contributed by atoms with van der Waals surface area (Å²) in [6, 6.07) is 15.6. The van der Waals surface area contributed by atoms with E-state index in [2.05, 4.69) is 27.7 Å². The van der Waals surface area contributed by atoms with Gasteiger partial charge in [-0.2, -0.15) is 0 Å². The van der Waals surface area contributed by atoms with E-state index in [0.717, 1.165) is 30.0 Å². The van der Waals surface area contributed by atoms with E-state index >= 15 is 0 Å². The van der Waals surface area contributed by atoms with Crippen LogP contribution in [-0.2, 0) is 4.79 Å². The second-order valence-corrected chi connectivity index (χ2v) is 8.24. The molecular weight excluding hydrogens is 376 g/mol. The van der Waals surface area contributed by atoms with Crippen molar-refractivity contribution in [3.8, 4) is 0 Å². The Morgan fingerprint density at radius 2 is 1.60 bits per heavy atom. The maximum absolute atomic E-state index is 12.8. The van der Waals surface area contributed by atoms with Gasteiger partial charge in [-0.15, -0.1) is 0 Å². The van der Waals surface area contributed by atoms with E-state index in [1.165, 1.54) is 18.5 Å². The van der Waals surface area contributed by atoms with Gasteiger partial charge in [-0.25, -0.2) is 4.79 Å². The number of likely N-dealkylation sites (tertiary alicyclic amines) is 1. The monoisotopic (exact) mass is 406 g/mol. The lowest BCUT2D eigenvalue weighted by Gasteiger charge is -2.31. The number of carbonyl (C=O) groups excluding carboxylic acids is 2. The number of piperidine rings is 1. The molecule has 6 heteroatoms. The Labute approximate surface area is 178 Å². The van der Waals surface area contributed by atoms with Gasteiger partial charge in [-0.05, 0) is 68.5 Å². The minimum atomic E-state index is -0.103. The Bertz CT molecular complexity index is 885. The molecule has 0 aromatic heterocycles. The van der Waals surface area contributed by atoms with Gasteiger partial charge in [0.05, 0.1) is 0 Å². The highest BCUT2D eigenvalue weighted by Crippen LogP contribution is 2.27. The van der Waals surface area contributed by atoms with Crippen molar-refractivity contribution in [3.63, 3.8) is 0 Å². The maximum atomic E-state index is 12.8. The van der Waals surface area contributed by atoms with Crippen molar-refractivity contribution in [1.82, 2.24) is 4.90 Å². The van der Waals surface area contributed by atoms with Crippen molar-refractivity contribution in [2.24, 2.45) is 5.92 Å². The van der Waals surface area contributed by atoms with Gasteiger partial charge in [-0.3, -0.25) is 4.79 Å². The molecule has 2 aromatic carbocycles. The van der Waals surface area contributed by atoms with Gasteiger partial charge in [0, 0.05) is 49.2 Å². The SMILES string of the molecule is Cc1cc(N2CCCC2)ccc1NC(=O)C1CCN(C(=O)Nc2ccccc2)CC1. The predicted octanol–water partition coefficient (Wildman–Crippen LogP) is 4.48. The van der Waals surface area contributed by atoms with Crippen molar-refractivity contribution in [3.05, 3.63) is 54.1 Å². The summed E-state index contributed by atoms with van der Waals surface area (Å²) in [6.45, 7) is 5.45. The van der Waals surface area contributed by atoms with E-state index in [1.54, 1.807) is 4.90 Å². The molecule has 6 nitrogen and oxygen atoms in total. The van der Waals surface area contributed by atoms with Gasteiger partial charge in [0.15, 0.2) is 0 Å². The number of benzene rings is 2. The van der Waals surface area contributed by atoms with Crippen molar-refractivity contribution < 1.29 is 9.59 Å². The zero-order chi connectivity index (χ0) is 20.9. The second-order valence-electron chi connectivity index (χ2n) is 8.24. The topological polar surface area (TPSA) is 64.7 Å². The molecule has 0 aliphatic carbocycles. The molecule has 0 saturated carbocycles. The fourth-order valence-electron chi connectivity index (χ4n) is 4.26. The fourth-order valence-corrected chi connectivity index (χ4v) is 4.26. The number of anilines is 3. The van der Waals surface area contributed by atoms with Crippen molar-refractivity contribution in [2.75, 3.05) is 41.7 Å². The Hall–Kier alpha value is -3.02. The number of rotatable bonds is 4. The van der Waals surface area contributed by atoms with Gasteiger partial charge < -0.3 is 20.4 Å². The first kappa shape index (κ1) is 20.3. The molecular formula is C24H30N4O2. The average molecular weight is 407 g/mol. The lowest BCUT2D eigenvalue weighted by atomic mass is 9.96. The van der Waals surface area contributed by atoms with E-state index in [1.807, 2.05) is 43.3 Å². The largest absolute Gasteiger partial charge is 0.372 e. The van der Waals surface area contributed by atoms with Crippen LogP contribution in [0.4, 0.5) is 21.9 Å². The lowest BCUT2D eigenvalue weighted by molar-refractivity contribution is -0.121. The molecule has 2 aromatic rings. The van der Waals surface area contributed by atoms with Crippen molar-refractivity contribution in [2.45, 2.75) is 32.6 Å². The summed E-state index contributed by atoms with van der Waals surface area (Å²) in [4.78, 5) is 29.4. The smallest absolute Gasteiger partial charge is 0.321 e. The minimum Gasteiger partial charge on any atom is -0.372 e. The molecule has 0 atom stereocenters. The molecule has 0 spiro atoms. The van der Waals surface area contributed by atoms with E-state index in [9.17, 15) is 9.59 Å². The molecule has 2 N–H and O–H groups in total. The molecule has 2 saturated heterocycles. The molecule has 2 heterocycles. The third-order valence-corrected chi connectivity index (χ3v) is 6.12. The van der Waals surface area contributed by atoms with E-state index in [-0.39, 0.29) is 17.9 Å². The lowest BCUT2D eigenvalue weighted by Crippen LogP contribution is -2.43. The number of hydrogen-bond acceptors (Lipinski definition) is 3. The van der Waals surface area contributed by atoms with Crippen molar-refractivity contribution >= 4 is 29.0 Å². The number of carbonyl (C=O) groups is 2. The predicted molar refractivity (Wildman–Crippen MR) is 121 cm³/mol. The fraction of sp³-hybridized carbons (Fsp3) is 0.417. The Morgan fingerprint density at radius 3 is 2.27 bits per heavy atom. The first-order chi connectivity index (χ1) is 14.6. The summed E-state index contributed by atoms with van der Waals surface area (Å²) in [6.07, 6.45) is 3.86. The number of aryl methyl sites for hydroxylation is 1. The van der Waals surface area contributed by atoms with Crippen LogP contribution in [0.2, 0.25) is 0 Å². The van der Waals surface area contributed by atoms with Crippen molar-refractivity contribution in [1.29, 1.82) is 0 Å². The molecule has 0 unspecified atom stereocenters. The van der Waals surface area contributed by atoms with Gasteiger partial charge in [-0.1, -0.05) is 18.2 Å². The Balaban J connectivity index is 1.28. The highest BCUT2D eigenvalue weighted by atomic mass is 16.2. The number of urea groups is 1. The highest BCUT2D eigenvalue weighted by molar-refractivity contribution is 5.94. The summed E-state index contributed by atoms with van der Waals surface area (Å²) in [5, 5.41) is 6.02. The maximum Gasteiger partial charge on any atom is 0.321 e. The summed E-state index contributed by atoms with van der Waals surface area (Å²) >= 11 is 0. The average Bonchev–Trinajstić information content (AvgIpc) is 3.31. The Morgan fingerprint density at radius 1 is 0.900 bits per heavy atom. The van der Waals surface area contributed by atoms with E-state index in [0.29, 0.717) is 25.9 Å². The van der Waals surface area contributed by atoms with E-state index in [4.69, 9.17) is 0 Å². The molecule has 0 radical (unpaired) electrons. The molecule has 30 heavy (non-hydrogen) atoms. The molecule has 2 aliphatic heterocycles. The number of amides is 3. The first-order valence-corrected chi connectivity index (χ1v) is 10.9. The standard InChI is InChI=1S/C24H30N4O2/c1-18-17-21(27-13-5-6-14-27)9-10-22(18)26-23(29)19-11-15-28(16-12-19)24(30)25-20-7-3-2-4-8-20/h2-4,7-10,17,19H,5-6,11-16H2,1H3,(H,25,30)(H,26,29). The summed E-state index contributed by atoms with van der Waals surface area (Å²) < 4.78 is 0. The Kier molecular flexibility index (Phi) is 6.21. The second kappa shape index (κ2) is 9.20. The zero-order valence-electron chi connectivity index (χ0n) is 17.6. The van der Waals surface area contributed by atoms with Gasteiger partial charge in [0.1, 0.15) is 0 Å². The van der Waals surface area contributed by atoms with Crippen LogP contribution in [0.5, 0.6) is 0 Å². The van der Waals surface area contributed by atoms with Crippen LogP contribution in [0.1, 0.15) is 31.2 Å². The van der Waals surface area contributed by atoms with E-state index < -0.39 is 0 Å². The van der Waals surface area contributed by atoms with Crippen LogP contribution < -0.4 is 15.5 Å². The highest BCUT2D eigenvalue weighted by Gasteiger charge is 2.27. The van der Waals surface area contributed by atoms with Crippen LogP contribution >= 0.6 is 0 Å². The quantitative estimate of drug-likeness (QED) is 0.787. The summed E-state index contributed by atoms with van der Waals surface area (Å²) in [5.41, 5.74) is 4.00. The molecule has 0 bridgehead atoms. The molecule has 2 aliphatic rings. The van der Waals surface area contributed by atoms with Crippen LogP contribution in [0, 0.1) is 12.8 Å². The molecule has 2 fully saturated rings. The summed E-state index contributed by atoms with van der Waals surface area (Å²) in [5.74, 6) is -0.0152. The molecule has 4 rings (SSSR count). The first-order valence-electron chi connectivity index (χ1n) is 10.9. The van der Waals surface area contributed by atoms with Crippen LogP contribution in [0.25, 0.3) is 0 Å².